The van der Waals surface area contributed by atoms with Crippen molar-refractivity contribution in [3.8, 4) is 0 Å². The van der Waals surface area contributed by atoms with E-state index >= 15 is 0 Å². The Balaban J connectivity index is 1.64. The monoisotopic (exact) mass is 258 g/mol. The number of thiophene rings is 1. The van der Waals surface area contributed by atoms with Crippen LogP contribution < -0.4 is 11.1 Å². The van der Waals surface area contributed by atoms with Gasteiger partial charge in [0, 0.05) is 17.5 Å². The van der Waals surface area contributed by atoms with Gasteiger partial charge in [-0.15, -0.1) is 11.3 Å². The summed E-state index contributed by atoms with van der Waals surface area (Å²) in [5, 5.41) is 3.51. The summed E-state index contributed by atoms with van der Waals surface area (Å²) in [6.07, 6.45) is 4.94. The molecule has 0 bridgehead atoms. The topological polar surface area (TPSA) is 38.0 Å². The SMILES string of the molecule is NC1CCC(CNCc2ccc(Cl)s2)CC1. The lowest BCUT2D eigenvalue weighted by Crippen LogP contribution is -2.31. The van der Waals surface area contributed by atoms with Crippen LogP contribution in [-0.2, 0) is 6.54 Å². The van der Waals surface area contributed by atoms with Gasteiger partial charge in [-0.05, 0) is 50.3 Å². The molecule has 1 aromatic rings. The van der Waals surface area contributed by atoms with E-state index in [9.17, 15) is 0 Å². The molecular weight excluding hydrogens is 240 g/mol. The van der Waals surface area contributed by atoms with Crippen molar-refractivity contribution in [1.82, 2.24) is 5.32 Å². The van der Waals surface area contributed by atoms with Crippen LogP contribution in [0.25, 0.3) is 0 Å². The molecule has 2 nitrogen and oxygen atoms in total. The molecule has 1 aliphatic carbocycles. The van der Waals surface area contributed by atoms with Gasteiger partial charge < -0.3 is 11.1 Å². The quantitative estimate of drug-likeness (QED) is 0.871. The van der Waals surface area contributed by atoms with Crippen LogP contribution >= 0.6 is 22.9 Å². The van der Waals surface area contributed by atoms with E-state index < -0.39 is 0 Å². The average Bonchev–Trinajstić information content (AvgIpc) is 2.67. The molecule has 1 aliphatic rings. The minimum atomic E-state index is 0.451. The van der Waals surface area contributed by atoms with Crippen molar-refractivity contribution < 1.29 is 0 Å². The van der Waals surface area contributed by atoms with Crippen LogP contribution in [0.1, 0.15) is 30.6 Å². The van der Waals surface area contributed by atoms with Gasteiger partial charge in [-0.3, -0.25) is 0 Å². The Morgan fingerprint density at radius 2 is 2.06 bits per heavy atom. The first-order valence-corrected chi connectivity index (χ1v) is 7.14. The van der Waals surface area contributed by atoms with Gasteiger partial charge in [-0.2, -0.15) is 0 Å². The third-order valence-electron chi connectivity index (χ3n) is 3.25. The van der Waals surface area contributed by atoms with Crippen LogP contribution in [0.4, 0.5) is 0 Å². The summed E-state index contributed by atoms with van der Waals surface area (Å²) < 4.78 is 0.875. The van der Waals surface area contributed by atoms with Crippen molar-refractivity contribution in [2.75, 3.05) is 6.54 Å². The Bertz CT molecular complexity index is 319. The second-order valence-electron chi connectivity index (χ2n) is 4.62. The number of hydrogen-bond donors (Lipinski definition) is 2. The smallest absolute Gasteiger partial charge is 0.0931 e. The largest absolute Gasteiger partial charge is 0.328 e. The summed E-state index contributed by atoms with van der Waals surface area (Å²) in [6.45, 7) is 2.06. The van der Waals surface area contributed by atoms with Gasteiger partial charge >= 0.3 is 0 Å². The zero-order valence-electron chi connectivity index (χ0n) is 9.42. The van der Waals surface area contributed by atoms with Gasteiger partial charge in [0.05, 0.1) is 4.34 Å². The minimum absolute atomic E-state index is 0.451. The zero-order valence-corrected chi connectivity index (χ0v) is 11.0. The van der Waals surface area contributed by atoms with Crippen LogP contribution in [0.5, 0.6) is 0 Å². The first-order valence-electron chi connectivity index (χ1n) is 5.94. The summed E-state index contributed by atoms with van der Waals surface area (Å²) in [7, 11) is 0. The Labute approximate surface area is 106 Å². The maximum Gasteiger partial charge on any atom is 0.0931 e. The predicted octanol–water partition coefficient (Wildman–Crippen LogP) is 3.01. The fourth-order valence-corrected chi connectivity index (χ4v) is 3.30. The molecular formula is C12H19ClN2S. The van der Waals surface area contributed by atoms with Gasteiger partial charge in [-0.1, -0.05) is 11.6 Å². The number of rotatable bonds is 4. The zero-order chi connectivity index (χ0) is 11.4. The lowest BCUT2D eigenvalue weighted by molar-refractivity contribution is 0.314. The molecule has 2 rings (SSSR count). The maximum absolute atomic E-state index is 5.89. The predicted molar refractivity (Wildman–Crippen MR) is 71.0 cm³/mol. The van der Waals surface area contributed by atoms with E-state index in [1.165, 1.54) is 30.6 Å². The van der Waals surface area contributed by atoms with E-state index in [0.29, 0.717) is 6.04 Å². The molecule has 0 atom stereocenters. The number of nitrogens with two attached hydrogens (primary N) is 1. The molecule has 0 radical (unpaired) electrons. The van der Waals surface area contributed by atoms with Gasteiger partial charge in [0.1, 0.15) is 0 Å². The van der Waals surface area contributed by atoms with Crippen molar-refractivity contribution in [3.63, 3.8) is 0 Å². The molecule has 1 fully saturated rings. The second-order valence-corrected chi connectivity index (χ2v) is 6.42. The molecule has 1 aromatic heterocycles. The van der Waals surface area contributed by atoms with E-state index in [-0.39, 0.29) is 0 Å². The Morgan fingerprint density at radius 3 is 2.69 bits per heavy atom. The molecule has 0 spiro atoms. The standard InChI is InChI=1S/C12H19ClN2S/c13-12-6-5-11(16-12)8-15-7-9-1-3-10(14)4-2-9/h5-6,9-10,15H,1-4,7-8,14H2. The summed E-state index contributed by atoms with van der Waals surface area (Å²) >= 11 is 7.54. The lowest BCUT2D eigenvalue weighted by Gasteiger charge is -2.26. The summed E-state index contributed by atoms with van der Waals surface area (Å²) in [6, 6.07) is 4.51. The van der Waals surface area contributed by atoms with Gasteiger partial charge in [-0.25, -0.2) is 0 Å². The first-order chi connectivity index (χ1) is 7.74. The van der Waals surface area contributed by atoms with Crippen molar-refractivity contribution in [2.45, 2.75) is 38.3 Å². The van der Waals surface area contributed by atoms with Crippen LogP contribution in [-0.4, -0.2) is 12.6 Å². The maximum atomic E-state index is 5.89. The average molecular weight is 259 g/mol. The molecule has 4 heteroatoms. The van der Waals surface area contributed by atoms with Crippen LogP contribution in [0.3, 0.4) is 0 Å². The van der Waals surface area contributed by atoms with Crippen LogP contribution in [0.2, 0.25) is 4.34 Å². The lowest BCUT2D eigenvalue weighted by atomic mass is 9.86. The summed E-state index contributed by atoms with van der Waals surface area (Å²) in [5.41, 5.74) is 5.89. The van der Waals surface area contributed by atoms with E-state index in [4.69, 9.17) is 17.3 Å². The summed E-state index contributed by atoms with van der Waals surface area (Å²) in [4.78, 5) is 1.32. The highest BCUT2D eigenvalue weighted by molar-refractivity contribution is 7.16. The van der Waals surface area contributed by atoms with Gasteiger partial charge in [0.25, 0.3) is 0 Å². The third-order valence-corrected chi connectivity index (χ3v) is 4.48. The fourth-order valence-electron chi connectivity index (χ4n) is 2.24. The Kier molecular flexibility index (Phi) is 4.65. The normalized spacial score (nSPS) is 25.9. The molecule has 90 valence electrons. The molecule has 0 aromatic carbocycles. The molecule has 0 aliphatic heterocycles. The number of hydrogen-bond acceptors (Lipinski definition) is 3. The van der Waals surface area contributed by atoms with Gasteiger partial charge in [0.2, 0.25) is 0 Å². The van der Waals surface area contributed by atoms with Crippen molar-refractivity contribution in [3.05, 3.63) is 21.3 Å². The molecule has 1 heterocycles. The number of nitrogens with one attached hydrogen (secondary N) is 1. The minimum Gasteiger partial charge on any atom is -0.328 e. The van der Waals surface area contributed by atoms with Crippen molar-refractivity contribution >= 4 is 22.9 Å². The third kappa shape index (κ3) is 3.74. The van der Waals surface area contributed by atoms with E-state index in [1.807, 2.05) is 6.07 Å². The summed E-state index contributed by atoms with van der Waals surface area (Å²) in [5.74, 6) is 0.815. The molecule has 0 unspecified atom stereocenters. The molecule has 3 N–H and O–H groups in total. The van der Waals surface area contributed by atoms with Crippen molar-refractivity contribution in [1.29, 1.82) is 0 Å². The highest BCUT2D eigenvalue weighted by Gasteiger charge is 2.17. The van der Waals surface area contributed by atoms with E-state index in [0.717, 1.165) is 23.3 Å². The molecule has 1 saturated carbocycles. The van der Waals surface area contributed by atoms with Gasteiger partial charge in [0.15, 0.2) is 0 Å². The highest BCUT2D eigenvalue weighted by Crippen LogP contribution is 2.23. The first kappa shape index (κ1) is 12.4. The van der Waals surface area contributed by atoms with Crippen molar-refractivity contribution in [2.24, 2.45) is 11.7 Å². The molecule has 0 amide bonds. The molecule has 16 heavy (non-hydrogen) atoms. The van der Waals surface area contributed by atoms with E-state index in [1.54, 1.807) is 11.3 Å². The highest BCUT2D eigenvalue weighted by atomic mass is 35.5. The van der Waals surface area contributed by atoms with Crippen LogP contribution in [0.15, 0.2) is 12.1 Å². The fraction of sp³-hybridized carbons (Fsp3) is 0.667. The number of halogens is 1. The molecule has 0 saturated heterocycles. The Hall–Kier alpha value is -0.0900. The Morgan fingerprint density at radius 1 is 1.31 bits per heavy atom. The second kappa shape index (κ2) is 6.01. The van der Waals surface area contributed by atoms with E-state index in [2.05, 4.69) is 11.4 Å². The van der Waals surface area contributed by atoms with Crippen LogP contribution in [0, 0.1) is 5.92 Å².